The Morgan fingerprint density at radius 2 is 1.90 bits per heavy atom. The first-order chi connectivity index (χ1) is 10.1. The van der Waals surface area contributed by atoms with Crippen molar-refractivity contribution in [1.29, 1.82) is 5.41 Å². The molecule has 1 aromatic heterocycles. The van der Waals surface area contributed by atoms with Gasteiger partial charge in [-0.3, -0.25) is 5.41 Å². The van der Waals surface area contributed by atoms with Crippen molar-refractivity contribution in [2.45, 2.75) is 0 Å². The molecule has 3 rings (SSSR count). The third-order valence-electron chi connectivity index (χ3n) is 3.34. The summed E-state index contributed by atoms with van der Waals surface area (Å²) in [4.78, 5) is 11.2. The summed E-state index contributed by atoms with van der Waals surface area (Å²) >= 11 is 0. The highest BCUT2D eigenvalue weighted by atomic mass is 16.4. The lowest BCUT2D eigenvalue weighted by molar-refractivity contribution is -0.256. The number of hydrogen-bond donors (Lipinski definition) is 2. The van der Waals surface area contributed by atoms with Crippen LogP contribution in [0.25, 0.3) is 21.9 Å². The Labute approximate surface area is 120 Å². The first-order valence-electron chi connectivity index (χ1n) is 6.25. The molecule has 0 amide bonds. The summed E-state index contributed by atoms with van der Waals surface area (Å²) in [6.45, 7) is 0. The number of furan rings is 1. The molecule has 1 heterocycles. The second-order valence-electron chi connectivity index (χ2n) is 4.57. The molecule has 0 aliphatic carbocycles. The Kier molecular flexibility index (Phi) is 2.95. The van der Waals surface area contributed by atoms with Crippen LogP contribution in [0.4, 0.5) is 0 Å². The molecule has 0 bridgehead atoms. The molecule has 3 N–H and O–H groups in total. The minimum absolute atomic E-state index is 0.138. The summed E-state index contributed by atoms with van der Waals surface area (Å²) in [5.74, 6) is -1.81. The maximum Gasteiger partial charge on any atom is 0.157 e. The minimum atomic E-state index is -1.41. The molecule has 0 fully saturated rings. The maximum atomic E-state index is 11.2. The number of fused-ring (bicyclic) bond motifs is 1. The van der Waals surface area contributed by atoms with E-state index >= 15 is 0 Å². The fourth-order valence-corrected chi connectivity index (χ4v) is 2.45. The quantitative estimate of drug-likeness (QED) is 0.563. The highest BCUT2D eigenvalue weighted by Crippen LogP contribution is 2.34. The SMILES string of the molecule is N=C(N)c1ccc2ccccc2c1-c1ccoc1C(=O)[O-]. The van der Waals surface area contributed by atoms with E-state index in [1.807, 2.05) is 30.3 Å². The number of hydrogen-bond acceptors (Lipinski definition) is 4. The number of nitrogens with one attached hydrogen (secondary N) is 1. The van der Waals surface area contributed by atoms with Crippen LogP contribution < -0.4 is 10.8 Å². The lowest BCUT2D eigenvalue weighted by Gasteiger charge is -2.12. The van der Waals surface area contributed by atoms with E-state index in [2.05, 4.69) is 0 Å². The Morgan fingerprint density at radius 3 is 2.62 bits per heavy atom. The number of nitrogen functional groups attached to an aromatic ring is 1. The van der Waals surface area contributed by atoms with Gasteiger partial charge in [0.15, 0.2) is 5.76 Å². The van der Waals surface area contributed by atoms with Crippen molar-refractivity contribution in [2.24, 2.45) is 5.73 Å². The molecule has 0 aliphatic heterocycles. The number of carboxylic acid groups (broad SMARTS) is 1. The van der Waals surface area contributed by atoms with E-state index in [0.717, 1.165) is 10.8 Å². The Hall–Kier alpha value is -3.08. The number of amidine groups is 1. The monoisotopic (exact) mass is 279 g/mol. The Balaban J connectivity index is 2.43. The molecule has 0 saturated carbocycles. The van der Waals surface area contributed by atoms with Crippen LogP contribution in [0.2, 0.25) is 0 Å². The maximum absolute atomic E-state index is 11.2. The van der Waals surface area contributed by atoms with Crippen molar-refractivity contribution < 1.29 is 14.3 Å². The lowest BCUT2D eigenvalue weighted by atomic mass is 9.93. The van der Waals surface area contributed by atoms with E-state index in [1.54, 1.807) is 12.1 Å². The van der Waals surface area contributed by atoms with Gasteiger partial charge in [0.1, 0.15) is 11.8 Å². The minimum Gasteiger partial charge on any atom is -0.542 e. The molecular weight excluding hydrogens is 268 g/mol. The zero-order chi connectivity index (χ0) is 15.0. The number of carbonyl (C=O) groups excluding carboxylic acids is 1. The van der Waals surface area contributed by atoms with Gasteiger partial charge in [0.05, 0.1) is 6.26 Å². The molecule has 5 nitrogen and oxygen atoms in total. The van der Waals surface area contributed by atoms with Crippen LogP contribution in [0.1, 0.15) is 16.1 Å². The summed E-state index contributed by atoms with van der Waals surface area (Å²) in [5.41, 5.74) is 7.01. The van der Waals surface area contributed by atoms with Crippen molar-refractivity contribution in [1.82, 2.24) is 0 Å². The first-order valence-corrected chi connectivity index (χ1v) is 6.25. The van der Waals surface area contributed by atoms with Crippen LogP contribution in [0, 0.1) is 5.41 Å². The average molecular weight is 279 g/mol. The van der Waals surface area contributed by atoms with Crippen molar-refractivity contribution in [3.63, 3.8) is 0 Å². The van der Waals surface area contributed by atoms with Gasteiger partial charge in [0.2, 0.25) is 0 Å². The summed E-state index contributed by atoms with van der Waals surface area (Å²) in [5, 5.41) is 20.6. The molecule has 5 heteroatoms. The van der Waals surface area contributed by atoms with Crippen molar-refractivity contribution in [2.75, 3.05) is 0 Å². The summed E-state index contributed by atoms with van der Waals surface area (Å²) in [6, 6.07) is 12.6. The van der Waals surface area contributed by atoms with E-state index in [4.69, 9.17) is 15.6 Å². The van der Waals surface area contributed by atoms with Crippen LogP contribution >= 0.6 is 0 Å². The van der Waals surface area contributed by atoms with Crippen LogP contribution in [0.15, 0.2) is 53.1 Å². The predicted octanol–water partition coefficient (Wildman–Crippen LogP) is 1.75. The average Bonchev–Trinajstić information content (AvgIpc) is 2.95. The van der Waals surface area contributed by atoms with Gasteiger partial charge in [-0.15, -0.1) is 0 Å². The van der Waals surface area contributed by atoms with Gasteiger partial charge in [-0.1, -0.05) is 36.4 Å². The molecule has 0 radical (unpaired) electrons. The molecule has 0 saturated heterocycles. The van der Waals surface area contributed by atoms with Crippen molar-refractivity contribution >= 4 is 22.6 Å². The molecule has 0 spiro atoms. The number of benzene rings is 2. The number of rotatable bonds is 3. The van der Waals surface area contributed by atoms with Gasteiger partial charge in [0.25, 0.3) is 0 Å². The van der Waals surface area contributed by atoms with E-state index < -0.39 is 5.97 Å². The van der Waals surface area contributed by atoms with Gasteiger partial charge in [-0.05, 0) is 16.8 Å². The molecule has 0 aliphatic rings. The van der Waals surface area contributed by atoms with E-state index in [-0.39, 0.29) is 11.6 Å². The second-order valence-corrected chi connectivity index (χ2v) is 4.57. The zero-order valence-electron chi connectivity index (χ0n) is 10.9. The number of carbonyl (C=O) groups is 1. The third-order valence-corrected chi connectivity index (χ3v) is 3.34. The zero-order valence-corrected chi connectivity index (χ0v) is 10.9. The number of carboxylic acids is 1. The predicted molar refractivity (Wildman–Crippen MR) is 77.0 cm³/mol. The highest BCUT2D eigenvalue weighted by molar-refractivity contribution is 6.12. The molecule has 0 unspecified atom stereocenters. The molecule has 104 valence electrons. The van der Waals surface area contributed by atoms with E-state index in [9.17, 15) is 9.90 Å². The third kappa shape index (κ3) is 2.04. The largest absolute Gasteiger partial charge is 0.542 e. The van der Waals surface area contributed by atoms with Crippen LogP contribution in [-0.4, -0.2) is 11.8 Å². The van der Waals surface area contributed by atoms with E-state index in [0.29, 0.717) is 16.7 Å². The van der Waals surface area contributed by atoms with Gasteiger partial charge in [0, 0.05) is 16.7 Å². The van der Waals surface area contributed by atoms with E-state index in [1.165, 1.54) is 6.26 Å². The fourth-order valence-electron chi connectivity index (χ4n) is 2.45. The lowest BCUT2D eigenvalue weighted by Crippen LogP contribution is -2.22. The second kappa shape index (κ2) is 4.79. The van der Waals surface area contributed by atoms with Gasteiger partial charge < -0.3 is 20.1 Å². The van der Waals surface area contributed by atoms with Crippen LogP contribution in [0.3, 0.4) is 0 Å². The topological polar surface area (TPSA) is 103 Å². The van der Waals surface area contributed by atoms with Gasteiger partial charge in [-0.2, -0.15) is 0 Å². The van der Waals surface area contributed by atoms with Crippen molar-refractivity contribution in [3.8, 4) is 11.1 Å². The van der Waals surface area contributed by atoms with Crippen molar-refractivity contribution in [3.05, 3.63) is 60.1 Å². The van der Waals surface area contributed by atoms with Crippen LogP contribution in [0.5, 0.6) is 0 Å². The summed E-state index contributed by atoms with van der Waals surface area (Å²) in [6.07, 6.45) is 1.28. The smallest absolute Gasteiger partial charge is 0.157 e. The normalized spacial score (nSPS) is 10.7. The number of nitrogens with two attached hydrogens (primary N) is 1. The number of aromatic carboxylic acids is 1. The fraction of sp³-hybridized carbons (Fsp3) is 0. The molecule has 3 aromatic rings. The molecule has 0 atom stereocenters. The highest BCUT2D eigenvalue weighted by Gasteiger charge is 2.17. The molecule has 2 aromatic carbocycles. The van der Waals surface area contributed by atoms with Gasteiger partial charge >= 0.3 is 0 Å². The summed E-state index contributed by atoms with van der Waals surface area (Å²) in [7, 11) is 0. The Morgan fingerprint density at radius 1 is 1.14 bits per heavy atom. The first kappa shape index (κ1) is 12.9. The molecular formula is C16H11N2O3-. The Bertz CT molecular complexity index is 865. The van der Waals surface area contributed by atoms with Gasteiger partial charge in [-0.25, -0.2) is 0 Å². The standard InChI is InChI=1S/C16H12N2O3/c17-15(18)12-6-5-9-3-1-2-4-10(9)13(12)11-7-8-21-14(11)16(19)20/h1-8H,(H3,17,18)(H,19,20)/p-1. The summed E-state index contributed by atoms with van der Waals surface area (Å²) < 4.78 is 4.99. The molecule has 21 heavy (non-hydrogen) atoms. The van der Waals surface area contributed by atoms with Crippen LogP contribution in [-0.2, 0) is 0 Å².